The summed E-state index contributed by atoms with van der Waals surface area (Å²) in [5.74, 6) is 0. The van der Waals surface area contributed by atoms with Crippen LogP contribution in [0, 0.1) is 0 Å². The molecule has 1 aromatic carbocycles. The first-order valence-electron chi connectivity index (χ1n) is 5.77. The standard InChI is InChI=1S/C13H21NOS/c1-12(16(2)15)8-10-14-11-9-13-6-4-3-5-7-13/h3-7,12,14H,8-11H2,1-2H3. The van der Waals surface area contributed by atoms with E-state index in [2.05, 4.69) is 29.6 Å². The van der Waals surface area contributed by atoms with Gasteiger partial charge in [-0.15, -0.1) is 0 Å². The van der Waals surface area contributed by atoms with Gasteiger partial charge in [0.2, 0.25) is 0 Å². The normalized spacial score (nSPS) is 14.6. The lowest BCUT2D eigenvalue weighted by molar-refractivity contribution is 0.628. The molecule has 0 heterocycles. The second-order valence-corrected chi connectivity index (χ2v) is 5.89. The number of benzene rings is 1. The molecule has 1 aromatic rings. The van der Waals surface area contributed by atoms with Crippen molar-refractivity contribution < 1.29 is 4.21 Å². The first kappa shape index (κ1) is 13.4. The molecule has 3 heteroatoms. The Morgan fingerprint density at radius 1 is 1.25 bits per heavy atom. The zero-order valence-electron chi connectivity index (χ0n) is 10.1. The zero-order chi connectivity index (χ0) is 11.8. The van der Waals surface area contributed by atoms with Crippen LogP contribution in [0.2, 0.25) is 0 Å². The molecule has 2 nitrogen and oxygen atoms in total. The summed E-state index contributed by atoms with van der Waals surface area (Å²) < 4.78 is 11.1. The van der Waals surface area contributed by atoms with Gasteiger partial charge in [-0.3, -0.25) is 4.21 Å². The number of hydrogen-bond acceptors (Lipinski definition) is 2. The van der Waals surface area contributed by atoms with Crippen LogP contribution in [0.3, 0.4) is 0 Å². The molecule has 0 saturated carbocycles. The van der Waals surface area contributed by atoms with Gasteiger partial charge in [0.1, 0.15) is 0 Å². The number of nitrogens with one attached hydrogen (secondary N) is 1. The first-order valence-corrected chi connectivity index (χ1v) is 7.39. The van der Waals surface area contributed by atoms with Crippen molar-refractivity contribution in [1.29, 1.82) is 0 Å². The van der Waals surface area contributed by atoms with Crippen molar-refractivity contribution in [2.45, 2.75) is 25.0 Å². The van der Waals surface area contributed by atoms with E-state index < -0.39 is 10.8 Å². The van der Waals surface area contributed by atoms with Crippen LogP contribution in [0.1, 0.15) is 18.9 Å². The Bertz CT molecular complexity index is 313. The molecule has 0 aromatic heterocycles. The molecule has 0 bridgehead atoms. The maximum Gasteiger partial charge on any atom is 0.0329 e. The van der Waals surface area contributed by atoms with E-state index in [1.54, 1.807) is 6.26 Å². The fourth-order valence-corrected chi connectivity index (χ4v) is 1.92. The summed E-state index contributed by atoms with van der Waals surface area (Å²) in [4.78, 5) is 0. The summed E-state index contributed by atoms with van der Waals surface area (Å²) >= 11 is 0. The minimum absolute atomic E-state index is 0.296. The summed E-state index contributed by atoms with van der Waals surface area (Å²) in [5, 5.41) is 3.68. The predicted molar refractivity (Wildman–Crippen MR) is 71.2 cm³/mol. The summed E-state index contributed by atoms with van der Waals surface area (Å²) in [7, 11) is -0.692. The molecule has 1 N–H and O–H groups in total. The minimum atomic E-state index is -0.692. The Labute approximate surface area is 101 Å². The molecule has 1 rings (SSSR count). The van der Waals surface area contributed by atoms with Crippen molar-refractivity contribution in [3.8, 4) is 0 Å². The van der Waals surface area contributed by atoms with Crippen molar-refractivity contribution in [3.05, 3.63) is 35.9 Å². The number of rotatable bonds is 7. The highest BCUT2D eigenvalue weighted by atomic mass is 32.2. The quantitative estimate of drug-likeness (QED) is 0.737. The predicted octanol–water partition coefficient (Wildman–Crippen LogP) is 1.98. The van der Waals surface area contributed by atoms with Gasteiger partial charge in [-0.1, -0.05) is 37.3 Å². The summed E-state index contributed by atoms with van der Waals surface area (Å²) in [5.41, 5.74) is 1.36. The average molecular weight is 239 g/mol. The Morgan fingerprint density at radius 2 is 1.94 bits per heavy atom. The second-order valence-electron chi connectivity index (χ2n) is 4.08. The molecule has 0 aliphatic heterocycles. The van der Waals surface area contributed by atoms with Gasteiger partial charge in [-0.05, 0) is 31.5 Å². The van der Waals surface area contributed by atoms with Gasteiger partial charge in [-0.2, -0.15) is 0 Å². The molecule has 0 saturated heterocycles. The van der Waals surface area contributed by atoms with Gasteiger partial charge in [0.05, 0.1) is 0 Å². The fraction of sp³-hybridized carbons (Fsp3) is 0.538. The average Bonchev–Trinajstić information content (AvgIpc) is 2.29. The molecule has 0 radical (unpaired) electrons. The highest BCUT2D eigenvalue weighted by Crippen LogP contribution is 1.99. The van der Waals surface area contributed by atoms with Crippen LogP contribution in [0.4, 0.5) is 0 Å². The molecular formula is C13H21NOS. The summed E-state index contributed by atoms with van der Waals surface area (Å²) in [6.07, 6.45) is 3.82. The summed E-state index contributed by atoms with van der Waals surface area (Å²) in [6.45, 7) is 3.98. The van der Waals surface area contributed by atoms with Crippen LogP contribution >= 0.6 is 0 Å². The fourth-order valence-electron chi connectivity index (χ4n) is 1.47. The Kier molecular flexibility index (Phi) is 6.34. The number of hydrogen-bond donors (Lipinski definition) is 1. The molecule has 0 aliphatic carbocycles. The van der Waals surface area contributed by atoms with E-state index in [0.29, 0.717) is 5.25 Å². The van der Waals surface area contributed by atoms with Gasteiger partial charge >= 0.3 is 0 Å². The maximum absolute atomic E-state index is 11.1. The molecule has 0 fully saturated rings. The SMILES string of the molecule is CC(CCNCCc1ccccc1)S(C)=O. The molecule has 0 aliphatic rings. The van der Waals surface area contributed by atoms with E-state index >= 15 is 0 Å². The molecule has 16 heavy (non-hydrogen) atoms. The molecular weight excluding hydrogens is 218 g/mol. The van der Waals surface area contributed by atoms with E-state index in [1.165, 1.54) is 5.56 Å². The van der Waals surface area contributed by atoms with Gasteiger partial charge < -0.3 is 5.32 Å². The van der Waals surface area contributed by atoms with Crippen molar-refractivity contribution in [1.82, 2.24) is 5.32 Å². The molecule has 0 amide bonds. The lowest BCUT2D eigenvalue weighted by Crippen LogP contribution is -2.23. The highest BCUT2D eigenvalue weighted by molar-refractivity contribution is 7.84. The van der Waals surface area contributed by atoms with Crippen molar-refractivity contribution >= 4 is 10.8 Å². The van der Waals surface area contributed by atoms with Crippen LogP contribution < -0.4 is 5.32 Å². The lowest BCUT2D eigenvalue weighted by atomic mass is 10.1. The summed E-state index contributed by atoms with van der Waals surface area (Å²) in [6, 6.07) is 10.5. The van der Waals surface area contributed by atoms with E-state index in [1.807, 2.05) is 13.0 Å². The van der Waals surface area contributed by atoms with E-state index in [0.717, 1.165) is 25.9 Å². The van der Waals surface area contributed by atoms with Gasteiger partial charge in [-0.25, -0.2) is 0 Å². The Hall–Kier alpha value is -0.670. The van der Waals surface area contributed by atoms with E-state index in [4.69, 9.17) is 0 Å². The van der Waals surface area contributed by atoms with Crippen molar-refractivity contribution in [2.75, 3.05) is 19.3 Å². The molecule has 90 valence electrons. The lowest BCUT2D eigenvalue weighted by Gasteiger charge is -2.09. The third-order valence-corrected chi connectivity index (χ3v) is 4.10. The monoisotopic (exact) mass is 239 g/mol. The molecule has 2 atom stereocenters. The molecule has 2 unspecified atom stereocenters. The van der Waals surface area contributed by atoms with Gasteiger partial charge in [0.15, 0.2) is 0 Å². The minimum Gasteiger partial charge on any atom is -0.316 e. The van der Waals surface area contributed by atoms with Crippen LogP contribution in [0.15, 0.2) is 30.3 Å². The van der Waals surface area contributed by atoms with Crippen LogP contribution in [-0.4, -0.2) is 28.8 Å². The topological polar surface area (TPSA) is 29.1 Å². The third kappa shape index (κ3) is 5.42. The highest BCUT2D eigenvalue weighted by Gasteiger charge is 2.04. The smallest absolute Gasteiger partial charge is 0.0329 e. The van der Waals surface area contributed by atoms with Crippen molar-refractivity contribution in [2.24, 2.45) is 0 Å². The Morgan fingerprint density at radius 3 is 2.56 bits per heavy atom. The maximum atomic E-state index is 11.1. The van der Waals surface area contributed by atoms with E-state index in [-0.39, 0.29) is 0 Å². The van der Waals surface area contributed by atoms with Crippen LogP contribution in [0.25, 0.3) is 0 Å². The van der Waals surface area contributed by atoms with Gasteiger partial charge in [0.25, 0.3) is 0 Å². The Balaban J connectivity index is 2.07. The largest absolute Gasteiger partial charge is 0.316 e. The van der Waals surface area contributed by atoms with Gasteiger partial charge in [0, 0.05) is 22.3 Å². The first-order chi connectivity index (χ1) is 7.70. The zero-order valence-corrected chi connectivity index (χ0v) is 10.9. The van der Waals surface area contributed by atoms with Crippen LogP contribution in [-0.2, 0) is 17.2 Å². The molecule has 0 spiro atoms. The van der Waals surface area contributed by atoms with Crippen molar-refractivity contribution in [3.63, 3.8) is 0 Å². The second kappa shape index (κ2) is 7.58. The third-order valence-electron chi connectivity index (χ3n) is 2.73. The van der Waals surface area contributed by atoms with E-state index in [9.17, 15) is 4.21 Å². The van der Waals surface area contributed by atoms with Crippen LogP contribution in [0.5, 0.6) is 0 Å².